The number of furan rings is 1. The van der Waals surface area contributed by atoms with Crippen LogP contribution in [-0.2, 0) is 10.2 Å². The molecule has 0 N–H and O–H groups in total. The average molecular weight is 526 g/mol. The van der Waals surface area contributed by atoms with Crippen LogP contribution in [0.25, 0.3) is 0 Å². The highest BCUT2D eigenvalue weighted by molar-refractivity contribution is 7.74. The van der Waals surface area contributed by atoms with Gasteiger partial charge < -0.3 is 18.8 Å². The number of hydrogen-bond acceptors (Lipinski definition) is 5. The SMILES string of the molecule is COc1ccc(Cl)cc1N=[P@@](/C=C1/N(C)c2ccccc2C1(C)C)(c1ccc(C)o1)N1CCOCC1. The van der Waals surface area contributed by atoms with Crippen molar-refractivity contribution in [1.82, 2.24) is 4.67 Å². The molecule has 3 aromatic rings. The molecule has 2 aliphatic rings. The zero-order valence-electron chi connectivity index (χ0n) is 21.5. The van der Waals surface area contributed by atoms with Gasteiger partial charge in [-0.2, -0.15) is 0 Å². The molecule has 0 radical (unpaired) electrons. The van der Waals surface area contributed by atoms with Gasteiger partial charge in [0.05, 0.1) is 20.3 Å². The van der Waals surface area contributed by atoms with E-state index < -0.39 is 7.21 Å². The fraction of sp³-hybridized carbons (Fsp3) is 0.357. The first kappa shape index (κ1) is 25.2. The van der Waals surface area contributed by atoms with E-state index in [0.29, 0.717) is 29.7 Å². The van der Waals surface area contributed by atoms with Crippen LogP contribution in [0.4, 0.5) is 11.4 Å². The van der Waals surface area contributed by atoms with Crippen LogP contribution < -0.4 is 15.1 Å². The van der Waals surface area contributed by atoms with Crippen molar-refractivity contribution >= 4 is 35.7 Å². The summed E-state index contributed by atoms with van der Waals surface area (Å²) in [4.78, 5) is 2.30. The maximum Gasteiger partial charge on any atom is 0.160 e. The summed E-state index contributed by atoms with van der Waals surface area (Å²) in [7, 11) is 1.19. The number of fused-ring (bicyclic) bond motifs is 1. The first-order valence-corrected chi connectivity index (χ1v) is 14.3. The highest BCUT2D eigenvalue weighted by Gasteiger charge is 2.42. The number of halogens is 1. The lowest BCUT2D eigenvalue weighted by atomic mass is 9.84. The van der Waals surface area contributed by atoms with Gasteiger partial charge in [0.15, 0.2) is 5.50 Å². The molecule has 5 rings (SSSR count). The van der Waals surface area contributed by atoms with E-state index in [9.17, 15) is 0 Å². The predicted octanol–water partition coefficient (Wildman–Crippen LogP) is 6.92. The number of anilines is 1. The van der Waals surface area contributed by atoms with Crippen LogP contribution in [0.15, 0.2) is 75.3 Å². The summed E-state index contributed by atoms with van der Waals surface area (Å²) in [5.74, 6) is 3.91. The number of rotatable bonds is 5. The van der Waals surface area contributed by atoms with Gasteiger partial charge in [-0.25, -0.2) is 4.74 Å². The van der Waals surface area contributed by atoms with Crippen molar-refractivity contribution in [3.8, 4) is 5.75 Å². The summed E-state index contributed by atoms with van der Waals surface area (Å²) in [6.45, 7) is 9.33. The molecule has 3 heterocycles. The van der Waals surface area contributed by atoms with Crippen molar-refractivity contribution in [2.24, 2.45) is 4.74 Å². The minimum absolute atomic E-state index is 0.210. The second kappa shape index (κ2) is 9.75. The van der Waals surface area contributed by atoms with Crippen LogP contribution >= 0.6 is 18.8 Å². The number of benzene rings is 2. The second-order valence-corrected chi connectivity index (χ2v) is 12.9. The van der Waals surface area contributed by atoms with Gasteiger partial charge in [0, 0.05) is 42.0 Å². The Morgan fingerprint density at radius 2 is 1.83 bits per heavy atom. The molecule has 1 aromatic heterocycles. The van der Waals surface area contributed by atoms with Gasteiger partial charge in [0.1, 0.15) is 24.4 Å². The summed E-state index contributed by atoms with van der Waals surface area (Å²) < 4.78 is 25.9. The Morgan fingerprint density at radius 1 is 1.08 bits per heavy atom. The molecular weight excluding hydrogens is 493 g/mol. The number of para-hydroxylation sites is 1. The van der Waals surface area contributed by atoms with Gasteiger partial charge in [0.25, 0.3) is 0 Å². The number of likely N-dealkylation sites (N-methyl/N-ethyl adjacent to an activating group) is 1. The van der Waals surface area contributed by atoms with Gasteiger partial charge >= 0.3 is 0 Å². The van der Waals surface area contributed by atoms with Crippen molar-refractivity contribution in [2.75, 3.05) is 45.4 Å². The van der Waals surface area contributed by atoms with Crippen LogP contribution in [0, 0.1) is 6.92 Å². The highest BCUT2D eigenvalue weighted by Crippen LogP contribution is 2.61. The molecule has 2 aliphatic heterocycles. The Morgan fingerprint density at radius 3 is 2.50 bits per heavy atom. The van der Waals surface area contributed by atoms with Gasteiger partial charge in [-0.15, -0.1) is 0 Å². The monoisotopic (exact) mass is 525 g/mol. The zero-order chi connectivity index (χ0) is 25.5. The topological polar surface area (TPSA) is 50.4 Å². The van der Waals surface area contributed by atoms with E-state index in [4.69, 9.17) is 30.2 Å². The molecule has 6 nitrogen and oxygen atoms in total. The number of hydrogen-bond donors (Lipinski definition) is 0. The summed E-state index contributed by atoms with van der Waals surface area (Å²) in [5.41, 5.74) is 5.07. The number of allylic oxidation sites excluding steroid dienone is 1. The maximum atomic E-state index is 6.45. The Labute approximate surface area is 218 Å². The van der Waals surface area contributed by atoms with Crippen molar-refractivity contribution in [3.05, 3.63) is 82.5 Å². The third-order valence-electron chi connectivity index (χ3n) is 7.11. The van der Waals surface area contributed by atoms with Crippen LogP contribution in [0.1, 0.15) is 25.2 Å². The molecule has 0 spiro atoms. The van der Waals surface area contributed by atoms with Crippen molar-refractivity contribution in [2.45, 2.75) is 26.2 Å². The molecule has 190 valence electrons. The van der Waals surface area contributed by atoms with Gasteiger partial charge in [-0.1, -0.05) is 43.6 Å². The molecule has 0 unspecified atom stereocenters. The van der Waals surface area contributed by atoms with E-state index in [1.807, 2.05) is 31.2 Å². The lowest BCUT2D eigenvalue weighted by Crippen LogP contribution is -2.36. The first-order chi connectivity index (χ1) is 17.3. The molecule has 1 saturated heterocycles. The molecule has 0 bridgehead atoms. The lowest BCUT2D eigenvalue weighted by molar-refractivity contribution is 0.0747. The third-order valence-corrected chi connectivity index (χ3v) is 10.6. The highest BCUT2D eigenvalue weighted by atomic mass is 35.5. The molecule has 36 heavy (non-hydrogen) atoms. The molecule has 0 saturated carbocycles. The second-order valence-electron chi connectivity index (χ2n) is 9.73. The standard InChI is InChI=1S/C28H33ClN3O3P/c1-20-10-13-27(35-20)36(32-14-16-34-17-15-32,30-23-18-21(29)11-12-25(23)33-5)19-26-28(2,3)22-8-6-7-9-24(22)31(26)4/h6-13,18-19H,14-17H2,1-5H3/b26-19+/t36-/m1/s1. The van der Waals surface area contributed by atoms with Gasteiger partial charge in [-0.3, -0.25) is 4.67 Å². The summed E-state index contributed by atoms with van der Waals surface area (Å²) in [5, 5.41) is 0.614. The summed E-state index contributed by atoms with van der Waals surface area (Å²) in [6, 6.07) is 18.3. The number of morpholine rings is 1. The van der Waals surface area contributed by atoms with E-state index in [0.717, 1.165) is 24.4 Å². The number of ether oxygens (including phenoxy) is 2. The van der Waals surface area contributed by atoms with Crippen LogP contribution in [0.2, 0.25) is 5.02 Å². The molecule has 0 aliphatic carbocycles. The first-order valence-electron chi connectivity index (χ1n) is 12.2. The Balaban J connectivity index is 1.84. The Bertz CT molecular complexity index is 1360. The predicted molar refractivity (Wildman–Crippen MR) is 148 cm³/mol. The fourth-order valence-electron chi connectivity index (χ4n) is 5.19. The van der Waals surface area contributed by atoms with E-state index in [1.165, 1.54) is 16.9 Å². The van der Waals surface area contributed by atoms with E-state index >= 15 is 0 Å². The lowest BCUT2D eigenvalue weighted by Gasteiger charge is -2.37. The number of aryl methyl sites for hydroxylation is 1. The van der Waals surface area contributed by atoms with E-state index in [1.54, 1.807) is 7.11 Å². The van der Waals surface area contributed by atoms with E-state index in [-0.39, 0.29) is 5.41 Å². The Hall–Kier alpha value is -2.50. The molecule has 1 fully saturated rings. The normalized spacial score (nSPS) is 20.3. The van der Waals surface area contributed by atoms with E-state index in [2.05, 4.69) is 66.6 Å². The number of methoxy groups -OCH3 is 1. The van der Waals surface area contributed by atoms with Gasteiger partial charge in [0.2, 0.25) is 0 Å². The van der Waals surface area contributed by atoms with Crippen molar-refractivity contribution in [3.63, 3.8) is 0 Å². The molecule has 2 aromatic carbocycles. The van der Waals surface area contributed by atoms with Gasteiger partial charge in [-0.05, 0) is 54.7 Å². The summed E-state index contributed by atoms with van der Waals surface area (Å²) >= 11 is 6.45. The molecule has 1 atom stereocenters. The quantitative estimate of drug-likeness (QED) is 0.338. The minimum Gasteiger partial charge on any atom is -0.494 e. The van der Waals surface area contributed by atoms with Crippen molar-refractivity contribution < 1.29 is 13.9 Å². The molecule has 8 heteroatoms. The fourth-order valence-corrected chi connectivity index (χ4v) is 8.87. The zero-order valence-corrected chi connectivity index (χ0v) is 23.1. The minimum atomic E-state index is -2.61. The largest absolute Gasteiger partial charge is 0.494 e. The maximum absolute atomic E-state index is 6.45. The molecule has 0 amide bonds. The Kier molecular flexibility index (Phi) is 6.82. The smallest absolute Gasteiger partial charge is 0.160 e. The summed E-state index contributed by atoms with van der Waals surface area (Å²) in [6.07, 6.45) is 0. The average Bonchev–Trinajstić information content (AvgIpc) is 3.40. The third kappa shape index (κ3) is 4.31. The number of nitrogens with zero attached hydrogens (tertiary/aromatic N) is 3. The van der Waals surface area contributed by atoms with Crippen LogP contribution in [0.5, 0.6) is 5.75 Å². The van der Waals surface area contributed by atoms with Crippen LogP contribution in [-0.4, -0.2) is 45.1 Å². The van der Waals surface area contributed by atoms with Crippen LogP contribution in [0.3, 0.4) is 0 Å². The molecular formula is C28H33ClN3O3P. The van der Waals surface area contributed by atoms with Crippen molar-refractivity contribution in [1.29, 1.82) is 0 Å².